The van der Waals surface area contributed by atoms with Crippen molar-refractivity contribution < 1.29 is 13.3 Å². The highest BCUT2D eigenvalue weighted by Gasteiger charge is 2.21. The minimum atomic E-state index is -3.90. The number of nitrogen functional groups attached to an aromatic ring is 1. The Morgan fingerprint density at radius 2 is 2.08 bits per heavy atom. The zero-order chi connectivity index (χ0) is 10.2. The number of rotatable bonds is 2. The monoisotopic (exact) mass is 223 g/mol. The first-order chi connectivity index (χ1) is 5.82. The largest absolute Gasteiger partial charge is 0.385 e. The lowest BCUT2D eigenvalue weighted by atomic mass is 10.5. The second-order valence-electron chi connectivity index (χ2n) is 2.12. The molecule has 0 aromatic carbocycles. The fourth-order valence-corrected chi connectivity index (χ4v) is 2.29. The summed E-state index contributed by atoms with van der Waals surface area (Å²) in [5, 5.41) is 14.8. The maximum absolute atomic E-state index is 10.7. The Balaban J connectivity index is 3.33. The van der Waals surface area contributed by atoms with Gasteiger partial charge < -0.3 is 5.73 Å². The quantitative estimate of drug-likeness (QED) is 0.533. The molecule has 0 aliphatic carbocycles. The highest BCUT2D eigenvalue weighted by molar-refractivity contribution is 7.91. The summed E-state index contributed by atoms with van der Waals surface area (Å²) in [6.07, 6.45) is 0. The molecule has 0 spiro atoms. The summed E-state index contributed by atoms with van der Waals surface area (Å²) < 4.78 is 21.2. The van der Waals surface area contributed by atoms with Crippen LogP contribution in [0, 0.1) is 10.1 Å². The van der Waals surface area contributed by atoms with Crippen molar-refractivity contribution in [3.8, 4) is 0 Å². The van der Waals surface area contributed by atoms with E-state index in [1.807, 2.05) is 0 Å². The van der Waals surface area contributed by atoms with Gasteiger partial charge in [0.2, 0.25) is 10.0 Å². The molecule has 13 heavy (non-hydrogen) atoms. The minimum absolute atomic E-state index is 0.172. The molecule has 0 fully saturated rings. The van der Waals surface area contributed by atoms with Gasteiger partial charge in [-0.05, 0) is 0 Å². The van der Waals surface area contributed by atoms with E-state index in [1.165, 1.54) is 0 Å². The molecule has 0 radical (unpaired) electrons. The average molecular weight is 223 g/mol. The molecule has 1 aromatic heterocycles. The molecule has 0 bridgehead atoms. The molecule has 9 heteroatoms. The molecule has 72 valence electrons. The van der Waals surface area contributed by atoms with Crippen molar-refractivity contribution in [3.63, 3.8) is 0 Å². The summed E-state index contributed by atoms with van der Waals surface area (Å²) in [6.45, 7) is 0. The van der Waals surface area contributed by atoms with E-state index < -0.39 is 20.6 Å². The smallest absolute Gasteiger partial charge is 0.304 e. The molecule has 0 atom stereocenters. The Kier molecular flexibility index (Phi) is 2.24. The van der Waals surface area contributed by atoms with Gasteiger partial charge in [0.05, 0.1) is 4.92 Å². The van der Waals surface area contributed by atoms with Gasteiger partial charge in [0.1, 0.15) is 4.21 Å². The van der Waals surface area contributed by atoms with Crippen molar-refractivity contribution >= 4 is 32.0 Å². The van der Waals surface area contributed by atoms with E-state index in [4.69, 9.17) is 10.9 Å². The van der Waals surface area contributed by atoms with Gasteiger partial charge in [-0.25, -0.2) is 13.6 Å². The van der Waals surface area contributed by atoms with Crippen LogP contribution in [0.1, 0.15) is 0 Å². The molecular weight excluding hydrogens is 218 g/mol. The van der Waals surface area contributed by atoms with Gasteiger partial charge in [-0.2, -0.15) is 0 Å². The number of hydrogen-bond donors (Lipinski definition) is 2. The van der Waals surface area contributed by atoms with Crippen LogP contribution in [0.2, 0.25) is 0 Å². The summed E-state index contributed by atoms with van der Waals surface area (Å²) >= 11 is 0.573. The lowest BCUT2D eigenvalue weighted by molar-refractivity contribution is -0.383. The predicted octanol–water partition coefficient (Wildman–Crippen LogP) is -0.114. The van der Waals surface area contributed by atoms with Gasteiger partial charge >= 0.3 is 5.69 Å². The molecule has 0 saturated heterocycles. The van der Waals surface area contributed by atoms with Crippen LogP contribution < -0.4 is 10.9 Å². The van der Waals surface area contributed by atoms with Crippen LogP contribution in [-0.2, 0) is 10.0 Å². The molecule has 0 saturated carbocycles. The van der Waals surface area contributed by atoms with Gasteiger partial charge in [0.25, 0.3) is 0 Å². The van der Waals surface area contributed by atoms with Crippen molar-refractivity contribution in [2.24, 2.45) is 5.14 Å². The van der Waals surface area contributed by atoms with Crippen LogP contribution in [0.3, 0.4) is 0 Å². The highest BCUT2D eigenvalue weighted by Crippen LogP contribution is 2.33. The first-order valence-corrected chi connectivity index (χ1v) is 5.25. The first kappa shape index (κ1) is 9.89. The van der Waals surface area contributed by atoms with Crippen LogP contribution in [0.15, 0.2) is 10.3 Å². The third-order valence-corrected chi connectivity index (χ3v) is 3.57. The summed E-state index contributed by atoms with van der Waals surface area (Å²) in [4.78, 5) is 9.50. The average Bonchev–Trinajstić information content (AvgIpc) is 2.29. The Labute approximate surface area is 77.2 Å². The molecular formula is C4H5N3O4S2. The van der Waals surface area contributed by atoms with Crippen LogP contribution >= 0.6 is 11.3 Å². The number of hydrogen-bond acceptors (Lipinski definition) is 6. The van der Waals surface area contributed by atoms with E-state index in [0.717, 1.165) is 6.07 Å². The standard InChI is InChI=1S/C4H5N3O4S2/c5-4-2(7(8)9)1-3(12-4)13(6,10)11/h1H,5H2,(H2,6,10,11). The number of nitrogens with zero attached hydrogens (tertiary/aromatic N) is 1. The third-order valence-electron chi connectivity index (χ3n) is 1.19. The summed E-state index contributed by atoms with van der Waals surface area (Å²) in [6, 6.07) is 0.843. The van der Waals surface area contributed by atoms with Gasteiger partial charge in [-0.3, -0.25) is 10.1 Å². The fraction of sp³-hybridized carbons (Fsp3) is 0. The Bertz CT molecular complexity index is 448. The van der Waals surface area contributed by atoms with Crippen molar-refractivity contribution in [3.05, 3.63) is 16.2 Å². The van der Waals surface area contributed by atoms with Crippen LogP contribution in [0.4, 0.5) is 10.7 Å². The number of thiophene rings is 1. The summed E-state index contributed by atoms with van der Waals surface area (Å²) in [5.41, 5.74) is 4.76. The Hall–Kier alpha value is -1.19. The van der Waals surface area contributed by atoms with Crippen molar-refractivity contribution in [2.75, 3.05) is 5.73 Å². The molecule has 0 aliphatic rings. The zero-order valence-electron chi connectivity index (χ0n) is 6.13. The lowest BCUT2D eigenvalue weighted by Crippen LogP contribution is -2.09. The molecule has 1 rings (SSSR count). The van der Waals surface area contributed by atoms with Crippen LogP contribution in [0.5, 0.6) is 0 Å². The van der Waals surface area contributed by atoms with E-state index in [1.54, 1.807) is 0 Å². The van der Waals surface area contributed by atoms with E-state index in [0.29, 0.717) is 11.3 Å². The van der Waals surface area contributed by atoms with Gasteiger partial charge in [0.15, 0.2) is 5.00 Å². The van der Waals surface area contributed by atoms with Crippen molar-refractivity contribution in [1.29, 1.82) is 0 Å². The Morgan fingerprint density at radius 3 is 2.31 bits per heavy atom. The van der Waals surface area contributed by atoms with Crippen LogP contribution in [0.25, 0.3) is 0 Å². The number of nitrogens with two attached hydrogens (primary N) is 2. The Morgan fingerprint density at radius 1 is 1.54 bits per heavy atom. The molecule has 1 heterocycles. The number of anilines is 1. The zero-order valence-corrected chi connectivity index (χ0v) is 7.76. The second kappa shape index (κ2) is 2.94. The van der Waals surface area contributed by atoms with E-state index in [9.17, 15) is 18.5 Å². The maximum atomic E-state index is 10.7. The van der Waals surface area contributed by atoms with Gasteiger partial charge in [-0.15, -0.1) is 0 Å². The van der Waals surface area contributed by atoms with Crippen molar-refractivity contribution in [1.82, 2.24) is 0 Å². The van der Waals surface area contributed by atoms with E-state index in [2.05, 4.69) is 0 Å². The fourth-order valence-electron chi connectivity index (χ4n) is 0.656. The molecule has 7 nitrogen and oxygen atoms in total. The first-order valence-electron chi connectivity index (χ1n) is 2.89. The normalized spacial score (nSPS) is 11.5. The molecule has 0 amide bonds. The number of sulfonamides is 1. The van der Waals surface area contributed by atoms with Gasteiger partial charge in [-0.1, -0.05) is 11.3 Å². The lowest BCUT2D eigenvalue weighted by Gasteiger charge is -1.86. The molecule has 0 unspecified atom stereocenters. The molecule has 4 N–H and O–H groups in total. The maximum Gasteiger partial charge on any atom is 0.304 e. The predicted molar refractivity (Wildman–Crippen MR) is 46.8 cm³/mol. The second-order valence-corrected chi connectivity index (χ2v) is 4.99. The van der Waals surface area contributed by atoms with Gasteiger partial charge in [0, 0.05) is 6.07 Å². The number of nitro groups is 1. The third kappa shape index (κ3) is 1.94. The number of primary sulfonamides is 1. The van der Waals surface area contributed by atoms with Crippen molar-refractivity contribution in [2.45, 2.75) is 4.21 Å². The molecule has 1 aromatic rings. The van der Waals surface area contributed by atoms with E-state index in [-0.39, 0.29) is 9.21 Å². The summed E-state index contributed by atoms with van der Waals surface area (Å²) in [7, 11) is -3.90. The topological polar surface area (TPSA) is 129 Å². The highest BCUT2D eigenvalue weighted by atomic mass is 32.2. The minimum Gasteiger partial charge on any atom is -0.385 e. The molecule has 0 aliphatic heterocycles. The van der Waals surface area contributed by atoms with E-state index >= 15 is 0 Å². The van der Waals surface area contributed by atoms with Crippen LogP contribution in [-0.4, -0.2) is 13.3 Å². The SMILES string of the molecule is Nc1sc(S(N)(=O)=O)cc1[N+](=O)[O-]. The summed E-state index contributed by atoms with van der Waals surface area (Å²) in [5.74, 6) is 0.